The van der Waals surface area contributed by atoms with Gasteiger partial charge in [0.1, 0.15) is 0 Å². The van der Waals surface area contributed by atoms with E-state index in [9.17, 15) is 4.79 Å². The maximum absolute atomic E-state index is 11.8. The zero-order chi connectivity index (χ0) is 12.5. The minimum atomic E-state index is -0.0114. The summed E-state index contributed by atoms with van der Waals surface area (Å²) in [5.41, 5.74) is 0.848. The lowest BCUT2D eigenvalue weighted by Gasteiger charge is -2.27. The van der Waals surface area contributed by atoms with Gasteiger partial charge < -0.3 is 15.5 Å². The maximum Gasteiger partial charge on any atom is 0.321 e. The van der Waals surface area contributed by atoms with Crippen molar-refractivity contribution in [2.45, 2.75) is 13.8 Å². The van der Waals surface area contributed by atoms with Crippen LogP contribution in [-0.4, -0.2) is 37.1 Å². The number of rotatable bonds is 1. The van der Waals surface area contributed by atoms with Crippen LogP contribution in [0.15, 0.2) is 30.3 Å². The van der Waals surface area contributed by atoms with Crippen molar-refractivity contribution in [3.8, 4) is 0 Å². The summed E-state index contributed by atoms with van der Waals surface area (Å²) in [7, 11) is 0. The quantitative estimate of drug-likeness (QED) is 0.783. The first-order valence-electron chi connectivity index (χ1n) is 6.18. The summed E-state index contributed by atoms with van der Waals surface area (Å²) in [6.07, 6.45) is 0. The highest BCUT2D eigenvalue weighted by Gasteiger charge is 2.15. The molecule has 2 amide bonds. The summed E-state index contributed by atoms with van der Waals surface area (Å²) in [5.74, 6) is 0. The Bertz CT molecular complexity index is 321. The fourth-order valence-corrected chi connectivity index (χ4v) is 1.59. The highest BCUT2D eigenvalue weighted by molar-refractivity contribution is 5.89. The molecular weight excluding hydrogens is 214 g/mol. The molecule has 1 aliphatic heterocycles. The Morgan fingerprint density at radius 2 is 1.76 bits per heavy atom. The number of urea groups is 1. The fourth-order valence-electron chi connectivity index (χ4n) is 1.59. The molecule has 1 fully saturated rings. The molecule has 2 rings (SSSR count). The van der Waals surface area contributed by atoms with E-state index >= 15 is 0 Å². The molecule has 0 saturated carbocycles. The number of carbonyl (C=O) groups excluding carboxylic acids is 1. The molecule has 0 unspecified atom stereocenters. The molecule has 0 aromatic heterocycles. The van der Waals surface area contributed by atoms with Gasteiger partial charge in [-0.1, -0.05) is 32.0 Å². The van der Waals surface area contributed by atoms with Gasteiger partial charge in [-0.15, -0.1) is 0 Å². The van der Waals surface area contributed by atoms with E-state index in [0.29, 0.717) is 0 Å². The number of carbonyl (C=O) groups is 1. The molecule has 1 heterocycles. The van der Waals surface area contributed by atoms with Crippen molar-refractivity contribution in [2.24, 2.45) is 0 Å². The van der Waals surface area contributed by atoms with Crippen LogP contribution in [0.3, 0.4) is 0 Å². The summed E-state index contributed by atoms with van der Waals surface area (Å²) in [5, 5.41) is 6.08. The molecule has 1 aromatic carbocycles. The molecule has 4 heteroatoms. The van der Waals surface area contributed by atoms with Crippen molar-refractivity contribution in [2.75, 3.05) is 31.5 Å². The Morgan fingerprint density at radius 3 is 2.35 bits per heavy atom. The lowest BCUT2D eigenvalue weighted by molar-refractivity contribution is 0.204. The number of anilines is 1. The monoisotopic (exact) mass is 235 g/mol. The van der Waals surface area contributed by atoms with E-state index in [2.05, 4.69) is 10.6 Å². The van der Waals surface area contributed by atoms with Crippen LogP contribution in [0.2, 0.25) is 0 Å². The Balaban J connectivity index is 0.000000686. The molecule has 17 heavy (non-hydrogen) atoms. The number of nitrogens with one attached hydrogen (secondary N) is 2. The van der Waals surface area contributed by atoms with Crippen LogP contribution in [-0.2, 0) is 0 Å². The van der Waals surface area contributed by atoms with Gasteiger partial charge in [0.05, 0.1) is 0 Å². The third-order valence-corrected chi connectivity index (χ3v) is 2.43. The van der Waals surface area contributed by atoms with Crippen LogP contribution < -0.4 is 10.6 Å². The standard InChI is InChI=1S/C11H15N3O.C2H6/c15-11(14-8-6-12-7-9-14)13-10-4-2-1-3-5-10;1-2/h1-5,12H,6-9H2,(H,13,15);1-2H3. The first kappa shape index (κ1) is 13.5. The smallest absolute Gasteiger partial charge is 0.321 e. The van der Waals surface area contributed by atoms with E-state index < -0.39 is 0 Å². The summed E-state index contributed by atoms with van der Waals surface area (Å²) in [4.78, 5) is 13.6. The van der Waals surface area contributed by atoms with Gasteiger partial charge in [-0.05, 0) is 12.1 Å². The average molecular weight is 235 g/mol. The highest BCUT2D eigenvalue weighted by Crippen LogP contribution is 2.06. The van der Waals surface area contributed by atoms with E-state index in [1.54, 1.807) is 0 Å². The van der Waals surface area contributed by atoms with Gasteiger partial charge in [0, 0.05) is 31.9 Å². The molecule has 0 atom stereocenters. The fraction of sp³-hybridized carbons (Fsp3) is 0.462. The van der Waals surface area contributed by atoms with Crippen molar-refractivity contribution in [3.63, 3.8) is 0 Å². The number of hydrogen-bond donors (Lipinski definition) is 2. The van der Waals surface area contributed by atoms with Crippen molar-refractivity contribution < 1.29 is 4.79 Å². The van der Waals surface area contributed by atoms with Gasteiger partial charge in [0.25, 0.3) is 0 Å². The Kier molecular flexibility index (Phi) is 6.10. The average Bonchev–Trinajstić information content (AvgIpc) is 2.43. The van der Waals surface area contributed by atoms with Gasteiger partial charge >= 0.3 is 6.03 Å². The molecule has 1 aromatic rings. The van der Waals surface area contributed by atoms with Crippen LogP contribution in [0.1, 0.15) is 13.8 Å². The Hall–Kier alpha value is -1.55. The number of para-hydroxylation sites is 1. The summed E-state index contributed by atoms with van der Waals surface area (Å²) in [6.45, 7) is 7.31. The molecule has 2 N–H and O–H groups in total. The number of piperazine rings is 1. The second-order valence-corrected chi connectivity index (χ2v) is 3.53. The summed E-state index contributed by atoms with van der Waals surface area (Å²) >= 11 is 0. The maximum atomic E-state index is 11.8. The molecule has 0 spiro atoms. The predicted molar refractivity (Wildman–Crippen MR) is 71.3 cm³/mol. The SMILES string of the molecule is CC.O=C(Nc1ccccc1)N1CCNCC1. The lowest BCUT2D eigenvalue weighted by atomic mass is 10.3. The van der Waals surface area contributed by atoms with Gasteiger partial charge in [0.15, 0.2) is 0 Å². The molecule has 1 saturated heterocycles. The number of amides is 2. The Labute approximate surface area is 103 Å². The van der Waals surface area contributed by atoms with Crippen LogP contribution in [0.4, 0.5) is 10.5 Å². The number of nitrogens with zero attached hydrogens (tertiary/aromatic N) is 1. The second kappa shape index (κ2) is 7.68. The number of benzene rings is 1. The zero-order valence-electron chi connectivity index (χ0n) is 10.6. The van der Waals surface area contributed by atoms with Gasteiger partial charge in [-0.2, -0.15) is 0 Å². The summed E-state index contributed by atoms with van der Waals surface area (Å²) in [6, 6.07) is 9.52. The first-order chi connectivity index (χ1) is 8.36. The van der Waals surface area contributed by atoms with Crippen LogP contribution in [0, 0.1) is 0 Å². The van der Waals surface area contributed by atoms with Gasteiger partial charge in [-0.3, -0.25) is 0 Å². The molecule has 4 nitrogen and oxygen atoms in total. The topological polar surface area (TPSA) is 44.4 Å². The third-order valence-electron chi connectivity index (χ3n) is 2.43. The molecule has 0 radical (unpaired) electrons. The third kappa shape index (κ3) is 4.44. The molecule has 0 aliphatic carbocycles. The largest absolute Gasteiger partial charge is 0.322 e. The van der Waals surface area contributed by atoms with Gasteiger partial charge in [-0.25, -0.2) is 4.79 Å². The van der Waals surface area contributed by atoms with Crippen molar-refractivity contribution >= 4 is 11.7 Å². The van der Waals surface area contributed by atoms with Crippen LogP contribution in [0.5, 0.6) is 0 Å². The van der Waals surface area contributed by atoms with E-state index in [1.807, 2.05) is 49.1 Å². The molecule has 94 valence electrons. The van der Waals surface area contributed by atoms with E-state index in [4.69, 9.17) is 0 Å². The molecule has 1 aliphatic rings. The number of hydrogen-bond acceptors (Lipinski definition) is 2. The highest BCUT2D eigenvalue weighted by atomic mass is 16.2. The van der Waals surface area contributed by atoms with E-state index in [1.165, 1.54) is 0 Å². The van der Waals surface area contributed by atoms with Crippen LogP contribution in [0.25, 0.3) is 0 Å². The van der Waals surface area contributed by atoms with Crippen molar-refractivity contribution in [1.82, 2.24) is 10.2 Å². The second-order valence-electron chi connectivity index (χ2n) is 3.53. The van der Waals surface area contributed by atoms with E-state index in [0.717, 1.165) is 31.9 Å². The minimum absolute atomic E-state index is 0.0114. The molecular formula is C13H21N3O. The van der Waals surface area contributed by atoms with Crippen molar-refractivity contribution in [3.05, 3.63) is 30.3 Å². The van der Waals surface area contributed by atoms with E-state index in [-0.39, 0.29) is 6.03 Å². The van der Waals surface area contributed by atoms with Gasteiger partial charge in [0.2, 0.25) is 0 Å². The minimum Gasteiger partial charge on any atom is -0.322 e. The normalized spacial score (nSPS) is 14.6. The van der Waals surface area contributed by atoms with Crippen molar-refractivity contribution in [1.29, 1.82) is 0 Å². The van der Waals surface area contributed by atoms with Crippen LogP contribution >= 0.6 is 0 Å². The zero-order valence-corrected chi connectivity index (χ0v) is 10.6. The molecule has 0 bridgehead atoms. The Morgan fingerprint density at radius 1 is 1.18 bits per heavy atom. The lowest BCUT2D eigenvalue weighted by Crippen LogP contribution is -2.48. The predicted octanol–water partition coefficient (Wildman–Crippen LogP) is 2.15. The summed E-state index contributed by atoms with van der Waals surface area (Å²) < 4.78 is 0. The first-order valence-corrected chi connectivity index (χ1v) is 6.18.